The smallest absolute Gasteiger partial charge is 0.186 e. The summed E-state index contributed by atoms with van der Waals surface area (Å²) in [6.45, 7) is 3.16. The zero-order valence-electron chi connectivity index (χ0n) is 11.3. The van der Waals surface area contributed by atoms with Crippen LogP contribution in [0.4, 0.5) is 5.13 Å². The van der Waals surface area contributed by atoms with Gasteiger partial charge in [-0.2, -0.15) is 0 Å². The maximum Gasteiger partial charge on any atom is 0.186 e. The highest BCUT2D eigenvalue weighted by Crippen LogP contribution is 2.36. The summed E-state index contributed by atoms with van der Waals surface area (Å²) in [6.07, 6.45) is 2.61. The van der Waals surface area contributed by atoms with Crippen LogP contribution in [-0.4, -0.2) is 18.1 Å². The van der Waals surface area contributed by atoms with Crippen LogP contribution < -0.4 is 10.2 Å². The average molecular weight is 293 g/mol. The SMILES string of the molecule is CNC(C)c1csc(N(Cc2cccs2)C2CC2)n1. The molecule has 1 aliphatic rings. The van der Waals surface area contributed by atoms with E-state index in [1.54, 1.807) is 11.3 Å². The van der Waals surface area contributed by atoms with Crippen molar-refractivity contribution in [1.82, 2.24) is 10.3 Å². The number of thiophene rings is 1. The fourth-order valence-corrected chi connectivity index (χ4v) is 3.76. The van der Waals surface area contributed by atoms with Gasteiger partial charge in [0.25, 0.3) is 0 Å². The van der Waals surface area contributed by atoms with Gasteiger partial charge in [-0.15, -0.1) is 22.7 Å². The van der Waals surface area contributed by atoms with Gasteiger partial charge in [-0.3, -0.25) is 0 Å². The summed E-state index contributed by atoms with van der Waals surface area (Å²) in [6, 6.07) is 5.37. The first-order chi connectivity index (χ1) is 9.28. The second-order valence-electron chi connectivity index (χ2n) is 5.00. The third kappa shape index (κ3) is 2.99. The molecule has 102 valence electrons. The Bertz CT molecular complexity index is 517. The minimum Gasteiger partial charge on any atom is -0.340 e. The number of rotatable bonds is 6. The fourth-order valence-electron chi connectivity index (χ4n) is 2.06. The summed E-state index contributed by atoms with van der Waals surface area (Å²) in [5, 5.41) is 8.76. The molecule has 0 bridgehead atoms. The van der Waals surface area contributed by atoms with Crippen molar-refractivity contribution in [2.24, 2.45) is 0 Å². The van der Waals surface area contributed by atoms with E-state index in [4.69, 9.17) is 4.98 Å². The first-order valence-electron chi connectivity index (χ1n) is 6.69. The van der Waals surface area contributed by atoms with Crippen molar-refractivity contribution < 1.29 is 0 Å². The number of nitrogens with zero attached hydrogens (tertiary/aromatic N) is 2. The van der Waals surface area contributed by atoms with Crippen molar-refractivity contribution in [2.75, 3.05) is 11.9 Å². The zero-order valence-corrected chi connectivity index (χ0v) is 12.9. The van der Waals surface area contributed by atoms with Crippen LogP contribution in [-0.2, 0) is 6.54 Å². The highest BCUT2D eigenvalue weighted by molar-refractivity contribution is 7.13. The van der Waals surface area contributed by atoms with E-state index in [1.807, 2.05) is 18.4 Å². The molecule has 1 saturated carbocycles. The lowest BCUT2D eigenvalue weighted by Crippen LogP contribution is -2.24. The van der Waals surface area contributed by atoms with E-state index in [0.29, 0.717) is 12.1 Å². The van der Waals surface area contributed by atoms with E-state index < -0.39 is 0 Å². The number of thiazole rings is 1. The molecule has 19 heavy (non-hydrogen) atoms. The van der Waals surface area contributed by atoms with Gasteiger partial charge in [0, 0.05) is 22.3 Å². The molecular weight excluding hydrogens is 274 g/mol. The summed E-state index contributed by atoms with van der Waals surface area (Å²) >= 11 is 3.60. The molecule has 0 aliphatic heterocycles. The van der Waals surface area contributed by atoms with Crippen LogP contribution >= 0.6 is 22.7 Å². The van der Waals surface area contributed by atoms with Gasteiger partial charge in [-0.1, -0.05) is 6.07 Å². The van der Waals surface area contributed by atoms with Gasteiger partial charge < -0.3 is 10.2 Å². The van der Waals surface area contributed by atoms with Crippen LogP contribution in [0.1, 0.15) is 36.4 Å². The maximum absolute atomic E-state index is 4.81. The third-order valence-corrected chi connectivity index (χ3v) is 5.28. The molecule has 2 aromatic heterocycles. The van der Waals surface area contributed by atoms with Crippen molar-refractivity contribution in [3.63, 3.8) is 0 Å². The van der Waals surface area contributed by atoms with Gasteiger partial charge in [-0.25, -0.2) is 4.98 Å². The van der Waals surface area contributed by atoms with Gasteiger partial charge in [0.2, 0.25) is 0 Å². The minimum absolute atomic E-state index is 0.327. The molecule has 3 rings (SSSR count). The normalized spacial score (nSPS) is 16.5. The summed E-state index contributed by atoms with van der Waals surface area (Å²) in [7, 11) is 1.98. The highest BCUT2D eigenvalue weighted by atomic mass is 32.1. The van der Waals surface area contributed by atoms with Crippen molar-refractivity contribution in [2.45, 2.75) is 38.4 Å². The van der Waals surface area contributed by atoms with Gasteiger partial charge in [-0.05, 0) is 38.3 Å². The molecule has 1 atom stereocenters. The molecule has 3 nitrogen and oxygen atoms in total. The van der Waals surface area contributed by atoms with Crippen LogP contribution in [0.2, 0.25) is 0 Å². The topological polar surface area (TPSA) is 28.2 Å². The highest BCUT2D eigenvalue weighted by Gasteiger charge is 2.31. The van der Waals surface area contributed by atoms with Crippen molar-refractivity contribution >= 4 is 27.8 Å². The molecule has 2 aromatic rings. The predicted molar refractivity (Wildman–Crippen MR) is 83.1 cm³/mol. The first-order valence-corrected chi connectivity index (χ1v) is 8.45. The Morgan fingerprint density at radius 2 is 2.32 bits per heavy atom. The van der Waals surface area contributed by atoms with Crippen LogP contribution in [0.5, 0.6) is 0 Å². The largest absolute Gasteiger partial charge is 0.340 e. The van der Waals surface area contributed by atoms with Crippen molar-refractivity contribution in [1.29, 1.82) is 0 Å². The molecule has 0 saturated heterocycles. The lowest BCUT2D eigenvalue weighted by atomic mass is 10.3. The average Bonchev–Trinajstić information content (AvgIpc) is 2.94. The number of nitrogens with one attached hydrogen (secondary N) is 1. The van der Waals surface area contributed by atoms with E-state index >= 15 is 0 Å². The van der Waals surface area contributed by atoms with Gasteiger partial charge in [0.1, 0.15) is 0 Å². The summed E-state index contributed by atoms with van der Waals surface area (Å²) in [5.41, 5.74) is 1.15. The standard InChI is InChI=1S/C14H19N3S2/c1-10(15-2)13-9-19-14(16-13)17(11-5-6-11)8-12-4-3-7-18-12/h3-4,7,9-11,15H,5-6,8H2,1-2H3. The molecule has 0 amide bonds. The molecule has 1 fully saturated rings. The van der Waals surface area contributed by atoms with E-state index in [1.165, 1.54) is 22.9 Å². The van der Waals surface area contributed by atoms with Crippen LogP contribution in [0.25, 0.3) is 0 Å². The molecule has 0 radical (unpaired) electrons. The molecule has 1 unspecified atom stereocenters. The number of hydrogen-bond acceptors (Lipinski definition) is 5. The predicted octanol–water partition coefficient (Wildman–Crippen LogP) is 3.65. The van der Waals surface area contributed by atoms with Crippen LogP contribution in [0.3, 0.4) is 0 Å². The maximum atomic E-state index is 4.81. The Morgan fingerprint density at radius 1 is 1.47 bits per heavy atom. The van der Waals surface area contributed by atoms with Crippen LogP contribution in [0, 0.1) is 0 Å². The second-order valence-corrected chi connectivity index (χ2v) is 6.87. The quantitative estimate of drug-likeness (QED) is 0.881. The Labute approximate surface area is 122 Å². The van der Waals surface area contributed by atoms with Gasteiger partial charge in [0.15, 0.2) is 5.13 Å². The molecule has 0 spiro atoms. The second kappa shape index (κ2) is 5.61. The van der Waals surface area contributed by atoms with Crippen molar-refractivity contribution in [3.05, 3.63) is 33.5 Å². The molecule has 1 N–H and O–H groups in total. The molecule has 2 heterocycles. The molecular formula is C14H19N3S2. The van der Waals surface area contributed by atoms with E-state index in [9.17, 15) is 0 Å². The molecule has 1 aliphatic carbocycles. The summed E-state index contributed by atoms with van der Waals surface area (Å²) in [5.74, 6) is 0. The van der Waals surface area contributed by atoms with Crippen LogP contribution in [0.15, 0.2) is 22.9 Å². The third-order valence-electron chi connectivity index (χ3n) is 3.53. The Hall–Kier alpha value is -0.910. The Balaban J connectivity index is 1.78. The summed E-state index contributed by atoms with van der Waals surface area (Å²) in [4.78, 5) is 8.71. The van der Waals surface area contributed by atoms with E-state index in [0.717, 1.165) is 12.2 Å². The minimum atomic E-state index is 0.327. The van der Waals surface area contributed by atoms with Crippen molar-refractivity contribution in [3.8, 4) is 0 Å². The first kappa shape index (κ1) is 13.1. The lowest BCUT2D eigenvalue weighted by Gasteiger charge is -2.20. The zero-order chi connectivity index (χ0) is 13.2. The van der Waals surface area contributed by atoms with Gasteiger partial charge >= 0.3 is 0 Å². The molecule has 5 heteroatoms. The Kier molecular flexibility index (Phi) is 3.86. The Morgan fingerprint density at radius 3 is 2.95 bits per heavy atom. The monoisotopic (exact) mass is 293 g/mol. The van der Waals surface area contributed by atoms with E-state index in [-0.39, 0.29) is 0 Å². The fraction of sp³-hybridized carbons (Fsp3) is 0.500. The lowest BCUT2D eigenvalue weighted by molar-refractivity contribution is 0.635. The molecule has 0 aromatic carbocycles. The number of aromatic nitrogens is 1. The van der Waals surface area contributed by atoms with E-state index in [2.05, 4.69) is 40.0 Å². The number of hydrogen-bond donors (Lipinski definition) is 1. The number of anilines is 1. The van der Waals surface area contributed by atoms with Gasteiger partial charge in [0.05, 0.1) is 12.2 Å². The summed E-state index contributed by atoms with van der Waals surface area (Å²) < 4.78 is 0.